The van der Waals surface area contributed by atoms with E-state index >= 15 is 0 Å². The van der Waals surface area contributed by atoms with Gasteiger partial charge in [0.25, 0.3) is 0 Å². The highest BCUT2D eigenvalue weighted by molar-refractivity contribution is 5.77. The molecule has 0 aromatic carbocycles. The normalized spacial score (nSPS) is 22.8. The zero-order valence-electron chi connectivity index (χ0n) is 20.5. The minimum absolute atomic E-state index is 0.0122. The van der Waals surface area contributed by atoms with Gasteiger partial charge in [0.2, 0.25) is 0 Å². The van der Waals surface area contributed by atoms with E-state index in [0.29, 0.717) is 0 Å². The van der Waals surface area contributed by atoms with Gasteiger partial charge >= 0.3 is 5.97 Å². The van der Waals surface area contributed by atoms with Gasteiger partial charge in [0.15, 0.2) is 0 Å². The lowest BCUT2D eigenvalue weighted by molar-refractivity contribution is -0.177. The van der Waals surface area contributed by atoms with Crippen LogP contribution in [-0.4, -0.2) is 23.7 Å². The van der Waals surface area contributed by atoms with Crippen LogP contribution >= 0.6 is 0 Å². The van der Waals surface area contributed by atoms with Gasteiger partial charge in [-0.25, -0.2) is 0 Å². The average molecular weight is 380 g/mol. The van der Waals surface area contributed by atoms with Crippen LogP contribution in [0.3, 0.4) is 0 Å². The Morgan fingerprint density at radius 2 is 1.44 bits per heavy atom. The van der Waals surface area contributed by atoms with Crippen molar-refractivity contribution in [2.75, 3.05) is 0 Å². The van der Waals surface area contributed by atoms with Crippen molar-refractivity contribution in [2.24, 2.45) is 21.7 Å². The summed E-state index contributed by atoms with van der Waals surface area (Å²) in [4.78, 5) is 13.2. The topological polar surface area (TPSA) is 38.3 Å². The SMILES string of the molecule is CC1=C(C)C(C)(C)NC1C(C)(C)C(C)OC(=O)C(C)(C)C(C)(C)C(C)(C)C. The van der Waals surface area contributed by atoms with Gasteiger partial charge in [0, 0.05) is 17.0 Å². The first-order valence-corrected chi connectivity index (χ1v) is 10.4. The molecule has 0 bridgehead atoms. The summed E-state index contributed by atoms with van der Waals surface area (Å²) in [6.07, 6.45) is -0.200. The lowest BCUT2D eigenvalue weighted by Crippen LogP contribution is -2.54. The van der Waals surface area contributed by atoms with E-state index in [1.54, 1.807) is 0 Å². The quantitative estimate of drug-likeness (QED) is 0.461. The molecule has 0 saturated carbocycles. The second kappa shape index (κ2) is 6.90. The molecule has 1 rings (SSSR count). The third-order valence-corrected chi connectivity index (χ3v) is 8.49. The first kappa shape index (κ1) is 24.2. The molecule has 0 radical (unpaired) electrons. The Morgan fingerprint density at radius 3 is 1.78 bits per heavy atom. The van der Waals surface area contributed by atoms with Crippen molar-refractivity contribution >= 4 is 5.97 Å². The van der Waals surface area contributed by atoms with Crippen LogP contribution in [0.2, 0.25) is 0 Å². The molecule has 1 aliphatic heterocycles. The highest BCUT2D eigenvalue weighted by Gasteiger charge is 2.52. The van der Waals surface area contributed by atoms with Crippen molar-refractivity contribution in [3.63, 3.8) is 0 Å². The molecule has 0 fully saturated rings. The number of carbonyl (C=O) groups is 1. The zero-order valence-corrected chi connectivity index (χ0v) is 20.5. The van der Waals surface area contributed by atoms with Crippen LogP contribution in [0, 0.1) is 21.7 Å². The van der Waals surface area contributed by atoms with Gasteiger partial charge in [0.1, 0.15) is 6.10 Å². The number of carbonyl (C=O) groups excluding carboxylic acids is 1. The summed E-state index contributed by atoms with van der Waals surface area (Å²) in [5.74, 6) is -0.112. The molecule has 1 aliphatic rings. The van der Waals surface area contributed by atoms with Crippen molar-refractivity contribution in [1.29, 1.82) is 0 Å². The largest absolute Gasteiger partial charge is 0.462 e. The maximum Gasteiger partial charge on any atom is 0.312 e. The monoisotopic (exact) mass is 379 g/mol. The highest BCUT2D eigenvalue weighted by Crippen LogP contribution is 2.52. The summed E-state index contributed by atoms with van der Waals surface area (Å²) >= 11 is 0. The fourth-order valence-electron chi connectivity index (χ4n) is 3.92. The second-order valence-corrected chi connectivity index (χ2v) is 11.9. The van der Waals surface area contributed by atoms with E-state index in [9.17, 15) is 4.79 Å². The van der Waals surface area contributed by atoms with E-state index in [1.165, 1.54) is 11.1 Å². The number of ether oxygens (including phenoxy) is 1. The standard InChI is InChI=1S/C24H45NO2/c1-15-16(2)23(11,12)25-18(15)21(7,8)17(3)27-19(26)22(9,10)24(13,14)20(4,5)6/h17-18,25H,1-14H3. The molecule has 0 spiro atoms. The van der Waals surface area contributed by atoms with Crippen LogP contribution in [0.5, 0.6) is 0 Å². The summed E-state index contributed by atoms with van der Waals surface area (Å²) in [6.45, 7) is 30.2. The fourth-order valence-corrected chi connectivity index (χ4v) is 3.92. The Kier molecular flexibility index (Phi) is 6.18. The van der Waals surface area contributed by atoms with Crippen LogP contribution in [0.4, 0.5) is 0 Å². The Bertz CT molecular complexity index is 615. The van der Waals surface area contributed by atoms with Gasteiger partial charge < -0.3 is 10.1 Å². The number of nitrogens with one attached hydrogen (secondary N) is 1. The molecule has 0 saturated heterocycles. The fraction of sp³-hybridized carbons (Fsp3) is 0.875. The lowest BCUT2D eigenvalue weighted by atomic mass is 9.55. The summed E-state index contributed by atoms with van der Waals surface area (Å²) in [7, 11) is 0. The zero-order chi connectivity index (χ0) is 21.8. The predicted octanol–water partition coefficient (Wildman–Crippen LogP) is 6.13. The molecular formula is C24H45NO2. The molecule has 1 N–H and O–H groups in total. The number of hydrogen-bond acceptors (Lipinski definition) is 3. The smallest absolute Gasteiger partial charge is 0.312 e. The second-order valence-electron chi connectivity index (χ2n) is 11.9. The molecule has 1 heterocycles. The molecule has 0 aromatic rings. The van der Waals surface area contributed by atoms with Gasteiger partial charge in [0.05, 0.1) is 5.41 Å². The Morgan fingerprint density at radius 1 is 1.00 bits per heavy atom. The molecule has 3 heteroatoms. The molecule has 0 aliphatic carbocycles. The number of hydrogen-bond donors (Lipinski definition) is 1. The van der Waals surface area contributed by atoms with Crippen molar-refractivity contribution in [3.8, 4) is 0 Å². The van der Waals surface area contributed by atoms with Crippen LogP contribution in [-0.2, 0) is 9.53 Å². The van der Waals surface area contributed by atoms with Crippen LogP contribution < -0.4 is 5.32 Å². The molecule has 158 valence electrons. The van der Waals surface area contributed by atoms with Crippen LogP contribution in [0.25, 0.3) is 0 Å². The molecular weight excluding hydrogens is 334 g/mol. The molecule has 2 atom stereocenters. The van der Waals surface area contributed by atoms with E-state index in [-0.39, 0.29) is 39.9 Å². The van der Waals surface area contributed by atoms with Crippen LogP contribution in [0.1, 0.15) is 96.9 Å². The molecule has 0 aromatic heterocycles. The van der Waals surface area contributed by atoms with E-state index in [0.717, 1.165) is 0 Å². The lowest BCUT2D eigenvalue weighted by Gasteiger charge is -2.49. The first-order chi connectivity index (χ1) is 11.7. The maximum absolute atomic E-state index is 13.2. The molecule has 3 nitrogen and oxygen atoms in total. The Labute approximate surface area is 168 Å². The van der Waals surface area contributed by atoms with Crippen molar-refractivity contribution in [1.82, 2.24) is 5.32 Å². The van der Waals surface area contributed by atoms with Gasteiger partial charge in [-0.05, 0) is 59.3 Å². The average Bonchev–Trinajstić information content (AvgIpc) is 2.69. The summed E-state index contributed by atoms with van der Waals surface area (Å²) in [6, 6.07) is 0.189. The van der Waals surface area contributed by atoms with Crippen molar-refractivity contribution in [3.05, 3.63) is 11.1 Å². The number of esters is 1. The van der Waals surface area contributed by atoms with Gasteiger partial charge in [-0.3, -0.25) is 4.79 Å². The summed E-state index contributed by atoms with van der Waals surface area (Å²) in [5, 5.41) is 3.75. The maximum atomic E-state index is 13.2. The molecule has 27 heavy (non-hydrogen) atoms. The Hall–Kier alpha value is -0.830. The van der Waals surface area contributed by atoms with Crippen molar-refractivity contribution < 1.29 is 9.53 Å². The van der Waals surface area contributed by atoms with Gasteiger partial charge in [-0.2, -0.15) is 0 Å². The van der Waals surface area contributed by atoms with E-state index in [1.807, 2.05) is 20.8 Å². The van der Waals surface area contributed by atoms with Gasteiger partial charge in [-0.15, -0.1) is 0 Å². The molecule has 2 unspecified atom stereocenters. The Balaban J connectivity index is 3.08. The highest BCUT2D eigenvalue weighted by atomic mass is 16.5. The molecule has 0 amide bonds. The van der Waals surface area contributed by atoms with Gasteiger partial charge in [-0.1, -0.05) is 59.6 Å². The van der Waals surface area contributed by atoms with Crippen molar-refractivity contribution in [2.45, 2.75) is 115 Å². The van der Waals surface area contributed by atoms with Crippen LogP contribution in [0.15, 0.2) is 11.1 Å². The minimum atomic E-state index is -0.585. The minimum Gasteiger partial charge on any atom is -0.462 e. The predicted molar refractivity (Wildman–Crippen MR) is 116 cm³/mol. The third-order valence-electron chi connectivity index (χ3n) is 8.49. The van der Waals surface area contributed by atoms with E-state index in [4.69, 9.17) is 4.74 Å². The summed E-state index contributed by atoms with van der Waals surface area (Å²) < 4.78 is 6.12. The summed E-state index contributed by atoms with van der Waals surface area (Å²) in [5.41, 5.74) is 1.71. The third kappa shape index (κ3) is 3.99. The van der Waals surface area contributed by atoms with E-state index < -0.39 is 5.41 Å². The van der Waals surface area contributed by atoms with E-state index in [2.05, 4.69) is 81.5 Å². The number of rotatable bonds is 5. The first-order valence-electron chi connectivity index (χ1n) is 10.4.